The molecule has 0 bridgehead atoms. The highest BCUT2D eigenvalue weighted by molar-refractivity contribution is 6.30. The average Bonchev–Trinajstić information content (AvgIpc) is 2.97. The van der Waals surface area contributed by atoms with Gasteiger partial charge >= 0.3 is 0 Å². The highest BCUT2D eigenvalue weighted by atomic mass is 35.5. The zero-order valence-corrected chi connectivity index (χ0v) is 13.0. The van der Waals surface area contributed by atoms with E-state index < -0.39 is 5.54 Å². The van der Waals surface area contributed by atoms with Gasteiger partial charge in [-0.25, -0.2) is 0 Å². The average molecular weight is 311 g/mol. The summed E-state index contributed by atoms with van der Waals surface area (Å²) in [6, 6.07) is 0. The minimum atomic E-state index is -0.683. The molecule has 1 aromatic heterocycles. The summed E-state index contributed by atoms with van der Waals surface area (Å²) in [5, 5.41) is 7.68. The quantitative estimate of drug-likeness (QED) is 0.891. The number of aromatic nitrogens is 2. The van der Waals surface area contributed by atoms with E-state index in [0.717, 1.165) is 36.9 Å². The van der Waals surface area contributed by atoms with Crippen molar-refractivity contribution in [1.29, 1.82) is 0 Å². The van der Waals surface area contributed by atoms with Crippen molar-refractivity contribution in [2.45, 2.75) is 44.7 Å². The molecular weight excluding hydrogens is 292 g/mol. The van der Waals surface area contributed by atoms with E-state index >= 15 is 0 Å². The summed E-state index contributed by atoms with van der Waals surface area (Å²) < 4.78 is 1.59. The number of amides is 2. The lowest BCUT2D eigenvalue weighted by Crippen LogP contribution is -2.65. The van der Waals surface area contributed by atoms with Gasteiger partial charge in [0.2, 0.25) is 11.8 Å². The predicted molar refractivity (Wildman–Crippen MR) is 77.7 cm³/mol. The maximum Gasteiger partial charge on any atom is 0.249 e. The highest BCUT2D eigenvalue weighted by Gasteiger charge is 2.48. The van der Waals surface area contributed by atoms with Gasteiger partial charge in [-0.2, -0.15) is 5.10 Å². The molecule has 21 heavy (non-hydrogen) atoms. The molecule has 1 spiro atoms. The minimum Gasteiger partial charge on any atom is -0.340 e. The zero-order valence-electron chi connectivity index (χ0n) is 12.3. The summed E-state index contributed by atoms with van der Waals surface area (Å²) >= 11 is 6.23. The van der Waals surface area contributed by atoms with Crippen LogP contribution in [0.5, 0.6) is 0 Å². The second-order valence-corrected chi connectivity index (χ2v) is 6.33. The van der Waals surface area contributed by atoms with Gasteiger partial charge in [-0.1, -0.05) is 24.4 Å². The Morgan fingerprint density at radius 1 is 1.33 bits per heavy atom. The van der Waals surface area contributed by atoms with Gasteiger partial charge in [-0.3, -0.25) is 14.3 Å². The molecule has 1 aliphatic heterocycles. The lowest BCUT2D eigenvalue weighted by Gasteiger charge is -2.39. The number of aryl methyl sites for hydroxylation is 2. The van der Waals surface area contributed by atoms with Crippen molar-refractivity contribution in [3.05, 3.63) is 16.4 Å². The Balaban J connectivity index is 1.87. The monoisotopic (exact) mass is 310 g/mol. The molecule has 6 nitrogen and oxygen atoms in total. The fourth-order valence-corrected chi connectivity index (χ4v) is 3.63. The Hall–Kier alpha value is -1.56. The van der Waals surface area contributed by atoms with Crippen LogP contribution < -0.4 is 5.32 Å². The molecule has 1 aromatic rings. The van der Waals surface area contributed by atoms with E-state index in [1.807, 2.05) is 6.92 Å². The topological polar surface area (TPSA) is 67.2 Å². The maximum absolute atomic E-state index is 12.8. The summed E-state index contributed by atoms with van der Waals surface area (Å²) in [5.41, 5.74) is 0.926. The van der Waals surface area contributed by atoms with Crippen molar-refractivity contribution in [2.75, 3.05) is 6.54 Å². The molecule has 2 heterocycles. The zero-order chi connectivity index (χ0) is 15.2. The number of rotatable bonds is 2. The molecule has 2 amide bonds. The van der Waals surface area contributed by atoms with Crippen molar-refractivity contribution in [3.8, 4) is 0 Å². The number of hydrogen-bond acceptors (Lipinski definition) is 3. The van der Waals surface area contributed by atoms with Crippen molar-refractivity contribution >= 4 is 23.4 Å². The molecule has 0 atom stereocenters. The first-order chi connectivity index (χ1) is 9.93. The molecule has 3 rings (SSSR count). The number of carbonyl (C=O) groups excluding carboxylic acids is 2. The van der Waals surface area contributed by atoms with E-state index in [-0.39, 0.29) is 18.4 Å². The van der Waals surface area contributed by atoms with E-state index in [4.69, 9.17) is 11.6 Å². The smallest absolute Gasteiger partial charge is 0.249 e. The molecular formula is C14H19ClN4O2. The number of halogens is 1. The molecule has 0 unspecified atom stereocenters. The Labute approximate surface area is 128 Å². The number of carbonyl (C=O) groups is 2. The van der Waals surface area contributed by atoms with Crippen LogP contribution in [-0.4, -0.2) is 38.6 Å². The molecule has 0 radical (unpaired) electrons. The van der Waals surface area contributed by atoms with Crippen LogP contribution in [0.15, 0.2) is 0 Å². The van der Waals surface area contributed by atoms with Gasteiger partial charge in [-0.15, -0.1) is 0 Å². The second-order valence-electron chi connectivity index (χ2n) is 5.98. The molecule has 0 aromatic carbocycles. The van der Waals surface area contributed by atoms with Crippen LogP contribution >= 0.6 is 11.6 Å². The van der Waals surface area contributed by atoms with E-state index in [2.05, 4.69) is 10.4 Å². The van der Waals surface area contributed by atoms with Gasteiger partial charge in [0, 0.05) is 12.6 Å². The van der Waals surface area contributed by atoms with Crippen molar-refractivity contribution < 1.29 is 9.59 Å². The Morgan fingerprint density at radius 2 is 2.00 bits per heavy atom. The first kappa shape index (κ1) is 14.4. The number of nitrogens with zero attached hydrogens (tertiary/aromatic N) is 3. The van der Waals surface area contributed by atoms with Crippen molar-refractivity contribution in [1.82, 2.24) is 20.0 Å². The standard InChI is InChI=1S/C14H19ClN4O2/c1-9-10(12(15)18(2)17-9)7-19-8-11(20)16-14(13(19)21)5-3-4-6-14/h3-8H2,1-2H3,(H,16,20). The van der Waals surface area contributed by atoms with Gasteiger partial charge in [0.05, 0.1) is 18.8 Å². The van der Waals surface area contributed by atoms with E-state index in [0.29, 0.717) is 11.7 Å². The minimum absolute atomic E-state index is 0.0129. The summed E-state index contributed by atoms with van der Waals surface area (Å²) in [4.78, 5) is 26.4. The van der Waals surface area contributed by atoms with Gasteiger partial charge in [0.25, 0.3) is 0 Å². The second kappa shape index (κ2) is 5.02. The Morgan fingerprint density at radius 3 is 2.57 bits per heavy atom. The molecule has 1 saturated heterocycles. The summed E-state index contributed by atoms with van der Waals surface area (Å²) in [6.07, 6.45) is 3.42. The van der Waals surface area contributed by atoms with E-state index in [9.17, 15) is 9.59 Å². The van der Waals surface area contributed by atoms with Crippen LogP contribution in [0.1, 0.15) is 36.9 Å². The fourth-order valence-electron chi connectivity index (χ4n) is 3.40. The van der Waals surface area contributed by atoms with Crippen molar-refractivity contribution in [2.24, 2.45) is 7.05 Å². The molecule has 114 valence electrons. The first-order valence-electron chi connectivity index (χ1n) is 7.21. The van der Waals surface area contributed by atoms with Crippen LogP contribution in [-0.2, 0) is 23.2 Å². The van der Waals surface area contributed by atoms with E-state index in [1.165, 1.54) is 0 Å². The summed E-state index contributed by atoms with van der Waals surface area (Å²) in [5.74, 6) is -0.0758. The van der Waals surface area contributed by atoms with E-state index in [1.54, 1.807) is 16.6 Å². The molecule has 1 saturated carbocycles. The lowest BCUT2D eigenvalue weighted by atomic mass is 9.93. The summed E-state index contributed by atoms with van der Waals surface area (Å²) in [6.45, 7) is 2.29. The van der Waals surface area contributed by atoms with Crippen LogP contribution in [0, 0.1) is 6.92 Å². The van der Waals surface area contributed by atoms with Gasteiger partial charge in [-0.05, 0) is 19.8 Å². The number of piperazine rings is 1. The van der Waals surface area contributed by atoms with Gasteiger partial charge in [0.1, 0.15) is 10.7 Å². The Bertz CT molecular complexity index is 604. The molecule has 2 aliphatic rings. The third-order valence-corrected chi connectivity index (χ3v) is 4.96. The lowest BCUT2D eigenvalue weighted by molar-refractivity contribution is -0.150. The molecule has 2 fully saturated rings. The first-order valence-corrected chi connectivity index (χ1v) is 7.59. The van der Waals surface area contributed by atoms with Crippen LogP contribution in [0.25, 0.3) is 0 Å². The Kier molecular flexibility index (Phi) is 3.43. The van der Waals surface area contributed by atoms with Crippen molar-refractivity contribution in [3.63, 3.8) is 0 Å². The largest absolute Gasteiger partial charge is 0.340 e. The SMILES string of the molecule is Cc1nn(C)c(Cl)c1CN1CC(=O)NC2(CCCC2)C1=O. The molecule has 7 heteroatoms. The fraction of sp³-hybridized carbons (Fsp3) is 0.643. The van der Waals surface area contributed by atoms with Crippen LogP contribution in [0.2, 0.25) is 5.15 Å². The number of nitrogens with one attached hydrogen (secondary N) is 1. The molecule has 1 aliphatic carbocycles. The third-order valence-electron chi connectivity index (χ3n) is 4.49. The summed E-state index contributed by atoms with van der Waals surface area (Å²) in [7, 11) is 1.77. The van der Waals surface area contributed by atoms with Crippen LogP contribution in [0.3, 0.4) is 0 Å². The highest BCUT2D eigenvalue weighted by Crippen LogP contribution is 2.34. The predicted octanol–water partition coefficient (Wildman–Crippen LogP) is 1.15. The third kappa shape index (κ3) is 2.31. The number of hydrogen-bond donors (Lipinski definition) is 1. The molecule has 1 N–H and O–H groups in total. The van der Waals surface area contributed by atoms with Gasteiger partial charge in [0.15, 0.2) is 0 Å². The van der Waals surface area contributed by atoms with Crippen LogP contribution in [0.4, 0.5) is 0 Å². The maximum atomic E-state index is 12.8. The van der Waals surface area contributed by atoms with Gasteiger partial charge < -0.3 is 10.2 Å². The normalized spacial score (nSPS) is 21.2.